The lowest BCUT2D eigenvalue weighted by atomic mass is 9.87. The molecule has 2 unspecified atom stereocenters. The summed E-state index contributed by atoms with van der Waals surface area (Å²) in [6.07, 6.45) is 6.45. The first kappa shape index (κ1) is 11.8. The highest BCUT2D eigenvalue weighted by Crippen LogP contribution is 2.24. The first-order valence-corrected chi connectivity index (χ1v) is 6.21. The molecule has 3 N–H and O–H groups in total. The smallest absolute Gasteiger partial charge is 0.0758 e. The van der Waals surface area contributed by atoms with Crippen LogP contribution in [0.1, 0.15) is 38.5 Å². The number of rotatable bonds is 2. The van der Waals surface area contributed by atoms with Crippen LogP contribution < -0.4 is 5.48 Å². The summed E-state index contributed by atoms with van der Waals surface area (Å²) < 4.78 is 0. The molecule has 0 amide bonds. The summed E-state index contributed by atoms with van der Waals surface area (Å²) in [5.41, 5.74) is 3.20. The second-order valence-electron chi connectivity index (χ2n) is 4.76. The highest BCUT2D eigenvalue weighted by Gasteiger charge is 2.35. The molecule has 0 aromatic heterocycles. The third kappa shape index (κ3) is 2.36. The van der Waals surface area contributed by atoms with Crippen molar-refractivity contribution < 1.29 is 10.4 Å². The van der Waals surface area contributed by atoms with Gasteiger partial charge < -0.3 is 10.4 Å². The van der Waals surface area contributed by atoms with Crippen molar-refractivity contribution in [2.24, 2.45) is 5.16 Å². The van der Waals surface area contributed by atoms with Gasteiger partial charge in [0.15, 0.2) is 0 Å². The van der Waals surface area contributed by atoms with E-state index in [4.69, 9.17) is 5.21 Å². The molecule has 2 fully saturated rings. The van der Waals surface area contributed by atoms with Gasteiger partial charge in [-0.3, -0.25) is 4.90 Å². The first-order valence-electron chi connectivity index (χ1n) is 6.21. The second-order valence-corrected chi connectivity index (χ2v) is 4.76. The van der Waals surface area contributed by atoms with E-state index in [0.717, 1.165) is 38.1 Å². The van der Waals surface area contributed by atoms with Gasteiger partial charge in [-0.1, -0.05) is 11.6 Å². The first-order chi connectivity index (χ1) is 7.86. The summed E-state index contributed by atoms with van der Waals surface area (Å²) in [6, 6.07) is 0.0850. The highest BCUT2D eigenvalue weighted by molar-refractivity contribution is 5.90. The largest absolute Gasteiger partial charge is 0.411 e. The Bertz CT molecular complexity index is 252. The fraction of sp³-hybridized carbons (Fsp3) is 0.909. The molecule has 0 bridgehead atoms. The Morgan fingerprint density at radius 1 is 1.19 bits per heavy atom. The van der Waals surface area contributed by atoms with Crippen molar-refractivity contribution in [1.29, 1.82) is 0 Å². The summed E-state index contributed by atoms with van der Waals surface area (Å²) in [7, 11) is 0. The van der Waals surface area contributed by atoms with E-state index in [0.29, 0.717) is 0 Å². The Balaban J connectivity index is 2.10. The fourth-order valence-electron chi connectivity index (χ4n) is 2.95. The molecule has 0 aromatic carbocycles. The Labute approximate surface area is 96.1 Å². The van der Waals surface area contributed by atoms with E-state index in [2.05, 4.69) is 15.5 Å². The summed E-state index contributed by atoms with van der Waals surface area (Å²) in [5, 5.41) is 21.7. The van der Waals surface area contributed by atoms with E-state index in [1.165, 1.54) is 19.3 Å². The van der Waals surface area contributed by atoms with Crippen molar-refractivity contribution in [3.8, 4) is 0 Å². The normalized spacial score (nSPS) is 35.4. The SMILES string of the molecule is O/N=C1\CCCC(NO)C1N1CCCCC1. The molecule has 2 aliphatic rings. The molecule has 2 atom stereocenters. The van der Waals surface area contributed by atoms with Crippen LogP contribution in [0.5, 0.6) is 0 Å². The molecule has 2 rings (SSSR count). The number of piperidine rings is 1. The van der Waals surface area contributed by atoms with Crippen molar-refractivity contribution in [3.63, 3.8) is 0 Å². The maximum absolute atomic E-state index is 9.19. The molecule has 5 nitrogen and oxygen atoms in total. The molecule has 1 heterocycles. The van der Waals surface area contributed by atoms with Crippen LogP contribution in [-0.4, -0.2) is 46.2 Å². The van der Waals surface area contributed by atoms with Crippen molar-refractivity contribution in [3.05, 3.63) is 0 Å². The number of hydrogen-bond acceptors (Lipinski definition) is 5. The van der Waals surface area contributed by atoms with Gasteiger partial charge in [-0.15, -0.1) is 0 Å². The van der Waals surface area contributed by atoms with Crippen LogP contribution in [0, 0.1) is 0 Å². The van der Waals surface area contributed by atoms with Crippen molar-refractivity contribution in [2.75, 3.05) is 13.1 Å². The Morgan fingerprint density at radius 2 is 1.94 bits per heavy atom. The third-order valence-corrected chi connectivity index (χ3v) is 3.75. The highest BCUT2D eigenvalue weighted by atomic mass is 16.5. The molecule has 16 heavy (non-hydrogen) atoms. The average Bonchev–Trinajstić information content (AvgIpc) is 2.38. The Hall–Kier alpha value is -0.650. The van der Waals surface area contributed by atoms with Gasteiger partial charge in [0.2, 0.25) is 0 Å². The van der Waals surface area contributed by atoms with E-state index in [9.17, 15) is 5.21 Å². The van der Waals surface area contributed by atoms with Gasteiger partial charge >= 0.3 is 0 Å². The van der Waals surface area contributed by atoms with Crippen LogP contribution in [0.25, 0.3) is 0 Å². The van der Waals surface area contributed by atoms with Crippen LogP contribution in [0.3, 0.4) is 0 Å². The summed E-state index contributed by atoms with van der Waals surface area (Å²) in [4.78, 5) is 2.34. The number of hydrogen-bond donors (Lipinski definition) is 3. The van der Waals surface area contributed by atoms with E-state index >= 15 is 0 Å². The van der Waals surface area contributed by atoms with E-state index in [1.54, 1.807) is 0 Å². The molecule has 0 aromatic rings. The van der Waals surface area contributed by atoms with Gasteiger partial charge in [0.25, 0.3) is 0 Å². The number of hydroxylamine groups is 1. The van der Waals surface area contributed by atoms with Crippen LogP contribution in [0.2, 0.25) is 0 Å². The monoisotopic (exact) mass is 227 g/mol. The lowest BCUT2D eigenvalue weighted by molar-refractivity contribution is 0.0644. The van der Waals surface area contributed by atoms with Gasteiger partial charge in [0, 0.05) is 0 Å². The topological polar surface area (TPSA) is 68.1 Å². The molecular formula is C11H21N3O2. The lowest BCUT2D eigenvalue weighted by Gasteiger charge is -2.41. The maximum Gasteiger partial charge on any atom is 0.0758 e. The van der Waals surface area contributed by atoms with Crippen molar-refractivity contribution in [1.82, 2.24) is 10.4 Å². The van der Waals surface area contributed by atoms with E-state index in [1.807, 2.05) is 0 Å². The summed E-state index contributed by atoms with van der Waals surface area (Å²) >= 11 is 0. The molecule has 1 aliphatic carbocycles. The number of nitrogens with one attached hydrogen (secondary N) is 1. The second kappa shape index (κ2) is 5.61. The van der Waals surface area contributed by atoms with E-state index < -0.39 is 0 Å². The van der Waals surface area contributed by atoms with E-state index in [-0.39, 0.29) is 12.1 Å². The number of oxime groups is 1. The van der Waals surface area contributed by atoms with Crippen LogP contribution in [-0.2, 0) is 0 Å². The van der Waals surface area contributed by atoms with Gasteiger partial charge in [-0.2, -0.15) is 0 Å². The summed E-state index contributed by atoms with van der Waals surface area (Å²) in [5.74, 6) is 0. The predicted octanol–water partition coefficient (Wildman–Crippen LogP) is 1.20. The third-order valence-electron chi connectivity index (χ3n) is 3.75. The Kier molecular flexibility index (Phi) is 4.15. The molecule has 0 spiro atoms. The van der Waals surface area contributed by atoms with Crippen molar-refractivity contribution >= 4 is 5.71 Å². The fourth-order valence-corrected chi connectivity index (χ4v) is 2.95. The molecule has 5 heteroatoms. The maximum atomic E-state index is 9.19. The van der Waals surface area contributed by atoms with Crippen LogP contribution in [0.15, 0.2) is 5.16 Å². The zero-order valence-electron chi connectivity index (χ0n) is 9.60. The average molecular weight is 227 g/mol. The molecular weight excluding hydrogens is 206 g/mol. The molecule has 92 valence electrons. The predicted molar refractivity (Wildman–Crippen MR) is 61.0 cm³/mol. The van der Waals surface area contributed by atoms with Crippen molar-refractivity contribution in [2.45, 2.75) is 50.6 Å². The minimum atomic E-state index is 0.0118. The lowest BCUT2D eigenvalue weighted by Crippen LogP contribution is -2.56. The minimum Gasteiger partial charge on any atom is -0.411 e. The zero-order valence-corrected chi connectivity index (χ0v) is 9.60. The van der Waals surface area contributed by atoms with Crippen LogP contribution >= 0.6 is 0 Å². The van der Waals surface area contributed by atoms with Gasteiger partial charge in [0.1, 0.15) is 0 Å². The zero-order chi connectivity index (χ0) is 11.4. The van der Waals surface area contributed by atoms with Gasteiger partial charge in [0.05, 0.1) is 17.8 Å². The summed E-state index contributed by atoms with van der Waals surface area (Å²) in [6.45, 7) is 2.09. The number of nitrogens with zero attached hydrogens (tertiary/aromatic N) is 2. The van der Waals surface area contributed by atoms with Gasteiger partial charge in [-0.05, 0) is 45.2 Å². The quantitative estimate of drug-likeness (QED) is 0.490. The minimum absolute atomic E-state index is 0.0118. The number of likely N-dealkylation sites (tertiary alicyclic amines) is 1. The Morgan fingerprint density at radius 3 is 2.56 bits per heavy atom. The molecule has 1 saturated heterocycles. The molecule has 1 aliphatic heterocycles. The molecule has 0 radical (unpaired) electrons. The van der Waals surface area contributed by atoms with Crippen LogP contribution in [0.4, 0.5) is 0 Å². The molecule has 1 saturated carbocycles. The van der Waals surface area contributed by atoms with Gasteiger partial charge in [-0.25, -0.2) is 5.48 Å². The standard InChI is InChI=1S/C11H21N3O2/c15-12-9-5-4-6-10(13-16)11(9)14-7-2-1-3-8-14/h9,11-12,15-16H,1-8H2/b13-10+.